The van der Waals surface area contributed by atoms with Gasteiger partial charge >= 0.3 is 5.97 Å². The summed E-state index contributed by atoms with van der Waals surface area (Å²) in [6.07, 6.45) is 4.84. The van der Waals surface area contributed by atoms with Crippen molar-refractivity contribution >= 4 is 23.6 Å². The summed E-state index contributed by atoms with van der Waals surface area (Å²) < 4.78 is 1.63. The maximum atomic E-state index is 11.9. The normalized spacial score (nSPS) is 10.3. The predicted octanol–water partition coefficient (Wildman–Crippen LogP) is 1.73. The molecule has 0 unspecified atom stereocenters. The Morgan fingerprint density at radius 3 is 2.62 bits per heavy atom. The summed E-state index contributed by atoms with van der Waals surface area (Å²) in [7, 11) is 0. The van der Waals surface area contributed by atoms with Crippen LogP contribution in [0.1, 0.15) is 20.8 Å². The Kier molecular flexibility index (Phi) is 4.99. The van der Waals surface area contributed by atoms with Gasteiger partial charge < -0.3 is 15.0 Å². The number of hydrogen-bond acceptors (Lipinski definition) is 4. The average Bonchev–Trinajstić information content (AvgIpc) is 2.96. The van der Waals surface area contributed by atoms with Crippen molar-refractivity contribution in [2.45, 2.75) is 11.4 Å². The molecule has 0 atom stereocenters. The van der Waals surface area contributed by atoms with Crippen molar-refractivity contribution in [3.8, 4) is 0 Å². The summed E-state index contributed by atoms with van der Waals surface area (Å²) in [6, 6.07) is 7.35. The number of amides is 1. The van der Waals surface area contributed by atoms with Gasteiger partial charge in [0.05, 0.1) is 6.33 Å². The number of aromatic carboxylic acids is 1. The fraction of sp³-hybridized carbons (Fsp3) is 0.214. The lowest BCUT2D eigenvalue weighted by molar-refractivity contribution is 0.0690. The topological polar surface area (TPSA) is 84.2 Å². The molecule has 0 saturated carbocycles. The third-order valence-corrected chi connectivity index (χ3v) is 3.60. The summed E-state index contributed by atoms with van der Waals surface area (Å²) in [5.41, 5.74) is 0.596. The number of nitrogens with one attached hydrogen (secondary N) is 1. The maximum Gasteiger partial charge on any atom is 0.356 e. The van der Waals surface area contributed by atoms with Crippen molar-refractivity contribution in [3.63, 3.8) is 0 Å². The first-order valence-electron chi connectivity index (χ1n) is 6.27. The van der Waals surface area contributed by atoms with E-state index in [1.54, 1.807) is 28.5 Å². The number of nitrogens with zero attached hydrogens (tertiary/aromatic N) is 2. The van der Waals surface area contributed by atoms with E-state index in [9.17, 15) is 9.59 Å². The van der Waals surface area contributed by atoms with Crippen LogP contribution >= 0.6 is 11.8 Å². The van der Waals surface area contributed by atoms with E-state index < -0.39 is 5.97 Å². The van der Waals surface area contributed by atoms with E-state index in [4.69, 9.17) is 5.11 Å². The monoisotopic (exact) mass is 305 g/mol. The molecule has 21 heavy (non-hydrogen) atoms. The Labute approximate surface area is 126 Å². The fourth-order valence-corrected chi connectivity index (χ4v) is 2.14. The van der Waals surface area contributed by atoms with E-state index in [-0.39, 0.29) is 11.6 Å². The molecule has 1 amide bonds. The van der Waals surface area contributed by atoms with Crippen LogP contribution < -0.4 is 5.32 Å². The van der Waals surface area contributed by atoms with Crippen molar-refractivity contribution in [1.29, 1.82) is 0 Å². The van der Waals surface area contributed by atoms with Crippen molar-refractivity contribution in [2.24, 2.45) is 0 Å². The van der Waals surface area contributed by atoms with Gasteiger partial charge in [-0.3, -0.25) is 4.79 Å². The van der Waals surface area contributed by atoms with E-state index in [2.05, 4.69) is 10.3 Å². The minimum absolute atomic E-state index is 0.00557. The Morgan fingerprint density at radius 2 is 2.05 bits per heavy atom. The van der Waals surface area contributed by atoms with Crippen molar-refractivity contribution in [3.05, 3.63) is 48.0 Å². The number of imidazole rings is 1. The molecule has 0 bridgehead atoms. The Bertz CT molecular complexity index is 637. The highest BCUT2D eigenvalue weighted by Gasteiger charge is 2.07. The second-order valence-electron chi connectivity index (χ2n) is 4.29. The second kappa shape index (κ2) is 6.94. The van der Waals surface area contributed by atoms with Crippen molar-refractivity contribution in [2.75, 3.05) is 12.8 Å². The highest BCUT2D eigenvalue weighted by molar-refractivity contribution is 7.98. The smallest absolute Gasteiger partial charge is 0.356 e. The van der Waals surface area contributed by atoms with Crippen LogP contribution in [0.3, 0.4) is 0 Å². The first-order valence-corrected chi connectivity index (χ1v) is 7.50. The van der Waals surface area contributed by atoms with E-state index in [0.717, 1.165) is 4.90 Å². The van der Waals surface area contributed by atoms with Gasteiger partial charge in [-0.05, 0) is 30.5 Å². The van der Waals surface area contributed by atoms with Gasteiger partial charge in [0.25, 0.3) is 5.91 Å². The van der Waals surface area contributed by atoms with Crippen LogP contribution in [-0.4, -0.2) is 39.3 Å². The third-order valence-electron chi connectivity index (χ3n) is 2.86. The van der Waals surface area contributed by atoms with Crippen LogP contribution in [0.2, 0.25) is 0 Å². The molecule has 7 heteroatoms. The lowest BCUT2D eigenvalue weighted by Gasteiger charge is -2.06. The molecular formula is C14H15N3O3S. The summed E-state index contributed by atoms with van der Waals surface area (Å²) in [5.74, 6) is -1.21. The first-order chi connectivity index (χ1) is 10.1. The molecule has 2 N–H and O–H groups in total. The Balaban J connectivity index is 1.84. The number of rotatable bonds is 6. The highest BCUT2D eigenvalue weighted by Crippen LogP contribution is 2.14. The summed E-state index contributed by atoms with van der Waals surface area (Å²) in [5, 5.41) is 11.5. The molecule has 2 rings (SSSR count). The lowest BCUT2D eigenvalue weighted by Crippen LogP contribution is -2.26. The quantitative estimate of drug-likeness (QED) is 0.794. The highest BCUT2D eigenvalue weighted by atomic mass is 32.2. The molecule has 0 radical (unpaired) electrons. The van der Waals surface area contributed by atoms with E-state index in [1.807, 2.05) is 18.4 Å². The minimum atomic E-state index is -1.06. The molecule has 110 valence electrons. The van der Waals surface area contributed by atoms with Crippen LogP contribution in [0, 0.1) is 0 Å². The predicted molar refractivity (Wildman–Crippen MR) is 79.7 cm³/mol. The molecule has 1 aromatic carbocycles. The molecule has 2 aromatic rings. The molecule has 0 aliphatic heterocycles. The zero-order chi connectivity index (χ0) is 15.2. The fourth-order valence-electron chi connectivity index (χ4n) is 1.74. The minimum Gasteiger partial charge on any atom is -0.476 e. The van der Waals surface area contributed by atoms with Gasteiger partial charge in [-0.15, -0.1) is 11.8 Å². The molecule has 0 aliphatic carbocycles. The lowest BCUT2D eigenvalue weighted by atomic mass is 10.2. The van der Waals surface area contributed by atoms with Gasteiger partial charge in [0, 0.05) is 29.7 Å². The van der Waals surface area contributed by atoms with E-state index >= 15 is 0 Å². The number of hydrogen-bond donors (Lipinski definition) is 2. The van der Waals surface area contributed by atoms with Gasteiger partial charge in [-0.1, -0.05) is 0 Å². The number of carboxylic acid groups (broad SMARTS) is 1. The third kappa shape index (κ3) is 4.09. The summed E-state index contributed by atoms with van der Waals surface area (Å²) in [6.45, 7) is 0.868. The van der Waals surface area contributed by atoms with Crippen LogP contribution in [0.5, 0.6) is 0 Å². The Hall–Kier alpha value is -2.28. The second-order valence-corrected chi connectivity index (χ2v) is 5.17. The van der Waals surface area contributed by atoms with Gasteiger partial charge in [0.15, 0.2) is 5.69 Å². The number of aromatic nitrogens is 2. The number of carboxylic acids is 1. The van der Waals surface area contributed by atoms with Gasteiger partial charge in [-0.2, -0.15) is 0 Å². The standard InChI is InChI=1S/C14H15N3O3S/c1-21-11-4-2-10(3-5-11)13(18)15-6-7-17-8-12(14(19)20)16-9-17/h2-5,8-9H,6-7H2,1H3,(H,15,18)(H,19,20). The van der Waals surface area contributed by atoms with Gasteiger partial charge in [-0.25, -0.2) is 9.78 Å². The summed E-state index contributed by atoms with van der Waals surface area (Å²) in [4.78, 5) is 27.4. The summed E-state index contributed by atoms with van der Waals surface area (Å²) >= 11 is 1.62. The number of carbonyl (C=O) groups excluding carboxylic acids is 1. The molecule has 0 fully saturated rings. The zero-order valence-corrected chi connectivity index (χ0v) is 12.3. The molecular weight excluding hydrogens is 290 g/mol. The van der Waals surface area contributed by atoms with Gasteiger partial charge in [0.1, 0.15) is 0 Å². The Morgan fingerprint density at radius 1 is 1.33 bits per heavy atom. The van der Waals surface area contributed by atoms with Gasteiger partial charge in [0.2, 0.25) is 0 Å². The number of benzene rings is 1. The molecule has 0 spiro atoms. The molecule has 0 aliphatic rings. The van der Waals surface area contributed by atoms with Crippen molar-refractivity contribution in [1.82, 2.24) is 14.9 Å². The maximum absolute atomic E-state index is 11.9. The van der Waals surface area contributed by atoms with Crippen LogP contribution in [0.25, 0.3) is 0 Å². The number of thioether (sulfide) groups is 1. The van der Waals surface area contributed by atoms with Crippen molar-refractivity contribution < 1.29 is 14.7 Å². The zero-order valence-electron chi connectivity index (χ0n) is 11.4. The molecule has 0 saturated heterocycles. The molecule has 1 heterocycles. The van der Waals surface area contributed by atoms with E-state index in [0.29, 0.717) is 18.7 Å². The van der Waals surface area contributed by atoms with E-state index in [1.165, 1.54) is 12.5 Å². The average molecular weight is 305 g/mol. The molecule has 1 aromatic heterocycles. The SMILES string of the molecule is CSc1ccc(C(=O)NCCn2cnc(C(=O)O)c2)cc1. The number of carbonyl (C=O) groups is 2. The first kappa shape index (κ1) is 15.1. The van der Waals surface area contributed by atoms with Crippen LogP contribution in [0.15, 0.2) is 41.7 Å². The largest absolute Gasteiger partial charge is 0.476 e. The van der Waals surface area contributed by atoms with Crippen LogP contribution in [-0.2, 0) is 6.54 Å². The molecule has 6 nitrogen and oxygen atoms in total. The van der Waals surface area contributed by atoms with Crippen LogP contribution in [0.4, 0.5) is 0 Å².